The van der Waals surface area contributed by atoms with E-state index < -0.39 is 5.60 Å². The Balaban J connectivity index is 2.71. The van der Waals surface area contributed by atoms with Crippen LogP contribution in [0, 0.1) is 11.3 Å². The molecule has 0 aromatic heterocycles. The fourth-order valence-corrected chi connectivity index (χ4v) is 3.36. The molecule has 2 nitrogen and oxygen atoms in total. The van der Waals surface area contributed by atoms with Crippen molar-refractivity contribution in [3.63, 3.8) is 0 Å². The summed E-state index contributed by atoms with van der Waals surface area (Å²) in [5, 5.41) is 11.0. The first-order valence-corrected chi connectivity index (χ1v) is 7.44. The van der Waals surface area contributed by atoms with Gasteiger partial charge in [-0.1, -0.05) is 46.5 Å². The lowest BCUT2D eigenvalue weighted by atomic mass is 9.67. The minimum Gasteiger partial charge on any atom is -0.389 e. The maximum atomic E-state index is 11.0. The van der Waals surface area contributed by atoms with Gasteiger partial charge in [-0.3, -0.25) is 0 Å². The molecule has 0 heterocycles. The molecule has 1 saturated carbocycles. The number of nitrogens with two attached hydrogens (primary N) is 1. The molecule has 3 N–H and O–H groups in total. The van der Waals surface area contributed by atoms with Gasteiger partial charge in [-0.25, -0.2) is 0 Å². The molecule has 0 aliphatic heterocycles. The molecular formula is C15H31NO. The van der Waals surface area contributed by atoms with Crippen molar-refractivity contribution in [1.29, 1.82) is 0 Å². The summed E-state index contributed by atoms with van der Waals surface area (Å²) in [5.41, 5.74) is 5.29. The average molecular weight is 241 g/mol. The van der Waals surface area contributed by atoms with Gasteiger partial charge in [0.25, 0.3) is 0 Å². The normalized spacial score (nSPS) is 34.1. The molecule has 3 atom stereocenters. The Morgan fingerprint density at radius 2 is 2.00 bits per heavy atom. The van der Waals surface area contributed by atoms with Crippen LogP contribution in [0.1, 0.15) is 72.1 Å². The van der Waals surface area contributed by atoms with Crippen molar-refractivity contribution >= 4 is 0 Å². The summed E-state index contributed by atoms with van der Waals surface area (Å²) < 4.78 is 0. The molecule has 0 radical (unpaired) electrons. The maximum Gasteiger partial charge on any atom is 0.0713 e. The van der Waals surface area contributed by atoms with E-state index in [0.717, 1.165) is 31.6 Å². The van der Waals surface area contributed by atoms with Crippen LogP contribution in [-0.4, -0.2) is 17.3 Å². The molecule has 17 heavy (non-hydrogen) atoms. The van der Waals surface area contributed by atoms with Crippen LogP contribution in [0.15, 0.2) is 0 Å². The molecule has 1 aliphatic carbocycles. The fourth-order valence-electron chi connectivity index (χ4n) is 3.36. The summed E-state index contributed by atoms with van der Waals surface area (Å²) in [6.45, 7) is 7.16. The van der Waals surface area contributed by atoms with Gasteiger partial charge in [-0.15, -0.1) is 0 Å². The second-order valence-electron chi connectivity index (χ2n) is 6.24. The molecule has 0 bridgehead atoms. The van der Waals surface area contributed by atoms with E-state index in [4.69, 9.17) is 5.73 Å². The summed E-state index contributed by atoms with van der Waals surface area (Å²) in [7, 11) is 0. The molecular weight excluding hydrogens is 210 g/mol. The standard InChI is InChI=1S/C15H31NO/c1-4-7-13-8-6-10-15(17,11-9-13)14(3,5-2)12-16/h13,17H,4-12,16H2,1-3H3. The molecule has 1 rings (SSSR count). The van der Waals surface area contributed by atoms with Crippen molar-refractivity contribution in [2.45, 2.75) is 77.7 Å². The monoisotopic (exact) mass is 241 g/mol. The highest BCUT2D eigenvalue weighted by atomic mass is 16.3. The van der Waals surface area contributed by atoms with Crippen molar-refractivity contribution < 1.29 is 5.11 Å². The molecule has 102 valence electrons. The summed E-state index contributed by atoms with van der Waals surface area (Å²) >= 11 is 0. The zero-order chi connectivity index (χ0) is 12.9. The third-order valence-electron chi connectivity index (χ3n) is 5.22. The number of rotatable bonds is 5. The number of hydrogen-bond acceptors (Lipinski definition) is 2. The topological polar surface area (TPSA) is 46.2 Å². The first-order valence-electron chi connectivity index (χ1n) is 7.44. The molecule has 1 aliphatic rings. The predicted molar refractivity (Wildman–Crippen MR) is 73.9 cm³/mol. The van der Waals surface area contributed by atoms with Crippen molar-refractivity contribution in [2.24, 2.45) is 17.1 Å². The van der Waals surface area contributed by atoms with E-state index in [0.29, 0.717) is 6.54 Å². The van der Waals surface area contributed by atoms with Crippen LogP contribution < -0.4 is 5.73 Å². The smallest absolute Gasteiger partial charge is 0.0713 e. The van der Waals surface area contributed by atoms with E-state index in [-0.39, 0.29) is 5.41 Å². The molecule has 0 saturated heterocycles. The highest BCUT2D eigenvalue weighted by Gasteiger charge is 2.45. The van der Waals surface area contributed by atoms with Gasteiger partial charge in [0.2, 0.25) is 0 Å². The highest BCUT2D eigenvalue weighted by Crippen LogP contribution is 2.44. The van der Waals surface area contributed by atoms with Crippen molar-refractivity contribution in [1.82, 2.24) is 0 Å². The van der Waals surface area contributed by atoms with Crippen LogP contribution >= 0.6 is 0 Å². The summed E-state index contributed by atoms with van der Waals surface area (Å²) in [5.74, 6) is 0.827. The lowest BCUT2D eigenvalue weighted by Gasteiger charge is -2.44. The van der Waals surface area contributed by atoms with Crippen molar-refractivity contribution in [3.8, 4) is 0 Å². The molecule has 3 unspecified atom stereocenters. The second-order valence-corrected chi connectivity index (χ2v) is 6.24. The quantitative estimate of drug-likeness (QED) is 0.724. The molecule has 0 amide bonds. The fraction of sp³-hybridized carbons (Fsp3) is 1.00. The largest absolute Gasteiger partial charge is 0.389 e. The highest BCUT2D eigenvalue weighted by molar-refractivity contribution is 4.97. The van der Waals surface area contributed by atoms with Gasteiger partial charge in [0, 0.05) is 12.0 Å². The van der Waals surface area contributed by atoms with Gasteiger partial charge in [0.05, 0.1) is 5.60 Å². The van der Waals surface area contributed by atoms with Crippen LogP contribution in [0.4, 0.5) is 0 Å². The van der Waals surface area contributed by atoms with Gasteiger partial charge < -0.3 is 10.8 Å². The van der Waals surface area contributed by atoms with Crippen molar-refractivity contribution in [2.75, 3.05) is 6.54 Å². The van der Waals surface area contributed by atoms with Crippen LogP contribution in [-0.2, 0) is 0 Å². The minimum atomic E-state index is -0.529. The Bertz CT molecular complexity index is 225. The third-order valence-corrected chi connectivity index (χ3v) is 5.22. The molecule has 0 aromatic rings. The Hall–Kier alpha value is -0.0800. The van der Waals surface area contributed by atoms with Gasteiger partial charge in [-0.2, -0.15) is 0 Å². The summed E-state index contributed by atoms with van der Waals surface area (Å²) in [6.07, 6.45) is 9.08. The van der Waals surface area contributed by atoms with E-state index in [1.165, 1.54) is 25.7 Å². The molecule has 2 heteroatoms. The Morgan fingerprint density at radius 3 is 2.53 bits per heavy atom. The Morgan fingerprint density at radius 1 is 1.29 bits per heavy atom. The molecule has 0 aromatic carbocycles. The number of hydrogen-bond donors (Lipinski definition) is 2. The number of aliphatic hydroxyl groups is 1. The SMILES string of the molecule is CCCC1CCCC(O)(C(C)(CC)CN)CC1. The lowest BCUT2D eigenvalue weighted by Crippen LogP contribution is -2.50. The lowest BCUT2D eigenvalue weighted by molar-refractivity contribution is -0.0856. The van der Waals surface area contributed by atoms with E-state index in [1.807, 2.05) is 0 Å². The van der Waals surface area contributed by atoms with E-state index >= 15 is 0 Å². The predicted octanol–water partition coefficient (Wildman–Crippen LogP) is 3.47. The zero-order valence-corrected chi connectivity index (χ0v) is 12.0. The average Bonchev–Trinajstić information content (AvgIpc) is 2.52. The van der Waals surface area contributed by atoms with Gasteiger partial charge >= 0.3 is 0 Å². The van der Waals surface area contributed by atoms with Gasteiger partial charge in [-0.05, 0) is 31.6 Å². The summed E-state index contributed by atoms with van der Waals surface area (Å²) in [6, 6.07) is 0. The second kappa shape index (κ2) is 6.19. The van der Waals surface area contributed by atoms with E-state index in [2.05, 4.69) is 20.8 Å². The van der Waals surface area contributed by atoms with Crippen LogP contribution in [0.5, 0.6) is 0 Å². The van der Waals surface area contributed by atoms with E-state index in [9.17, 15) is 5.11 Å². The summed E-state index contributed by atoms with van der Waals surface area (Å²) in [4.78, 5) is 0. The van der Waals surface area contributed by atoms with Gasteiger partial charge in [0.15, 0.2) is 0 Å². The minimum absolute atomic E-state index is 0.103. The van der Waals surface area contributed by atoms with Crippen molar-refractivity contribution in [3.05, 3.63) is 0 Å². The van der Waals surface area contributed by atoms with Crippen LogP contribution in [0.25, 0.3) is 0 Å². The van der Waals surface area contributed by atoms with E-state index in [1.54, 1.807) is 0 Å². The zero-order valence-electron chi connectivity index (χ0n) is 12.0. The Kier molecular flexibility index (Phi) is 5.46. The van der Waals surface area contributed by atoms with Gasteiger partial charge in [0.1, 0.15) is 0 Å². The Labute approximate surface area is 107 Å². The van der Waals surface area contributed by atoms with Crippen LogP contribution in [0.2, 0.25) is 0 Å². The third kappa shape index (κ3) is 3.23. The maximum absolute atomic E-state index is 11.0. The molecule has 0 spiro atoms. The first kappa shape index (κ1) is 15.0. The van der Waals surface area contributed by atoms with Crippen LogP contribution in [0.3, 0.4) is 0 Å². The molecule has 1 fully saturated rings. The first-order chi connectivity index (χ1) is 8.01.